The predicted octanol–water partition coefficient (Wildman–Crippen LogP) is 1.65. The molecule has 82 valence electrons. The summed E-state index contributed by atoms with van der Waals surface area (Å²) in [5.74, 6) is 0. The van der Waals surface area contributed by atoms with Crippen molar-refractivity contribution >= 4 is 0 Å². The average molecular weight is 205 g/mol. The van der Waals surface area contributed by atoms with E-state index in [-0.39, 0.29) is 11.5 Å². The minimum atomic E-state index is -0.158. The van der Waals surface area contributed by atoms with Crippen molar-refractivity contribution in [3.8, 4) is 0 Å². The maximum absolute atomic E-state index is 9.46. The maximum Gasteiger partial charge on any atom is 0.0558 e. The second-order valence-electron chi connectivity index (χ2n) is 4.92. The summed E-state index contributed by atoms with van der Waals surface area (Å²) in [6.45, 7) is 4.85. The van der Waals surface area contributed by atoms with Gasteiger partial charge < -0.3 is 10.8 Å². The van der Waals surface area contributed by atoms with Gasteiger partial charge in [-0.05, 0) is 32.3 Å². The van der Waals surface area contributed by atoms with E-state index in [1.54, 1.807) is 0 Å². The van der Waals surface area contributed by atoms with Crippen LogP contribution in [-0.2, 0) is 5.41 Å². The van der Waals surface area contributed by atoms with Gasteiger partial charge in [-0.3, -0.25) is 0 Å². The molecule has 0 bridgehead atoms. The van der Waals surface area contributed by atoms with Crippen LogP contribution < -0.4 is 5.73 Å². The first-order valence-corrected chi connectivity index (χ1v) is 5.53. The Morgan fingerprint density at radius 2 is 1.80 bits per heavy atom. The Hall–Kier alpha value is -0.860. The molecule has 0 spiro atoms. The average Bonchev–Trinajstić information content (AvgIpc) is 2.10. The summed E-state index contributed by atoms with van der Waals surface area (Å²) >= 11 is 0. The summed E-state index contributed by atoms with van der Waals surface area (Å²) in [5.41, 5.74) is 9.74. The van der Waals surface area contributed by atoms with E-state index in [0.717, 1.165) is 12.8 Å². The van der Waals surface area contributed by atoms with Crippen molar-refractivity contribution in [3.63, 3.8) is 0 Å². The summed E-state index contributed by atoms with van der Waals surface area (Å²) in [7, 11) is 0. The van der Waals surface area contributed by atoms with Crippen LogP contribution >= 0.6 is 0 Å². The number of hydrogen-bond acceptors (Lipinski definition) is 2. The summed E-state index contributed by atoms with van der Waals surface area (Å²) in [6, 6.07) is 6.57. The lowest BCUT2D eigenvalue weighted by Crippen LogP contribution is -2.49. The van der Waals surface area contributed by atoms with Crippen LogP contribution in [0.3, 0.4) is 0 Å². The second-order valence-corrected chi connectivity index (χ2v) is 4.92. The van der Waals surface area contributed by atoms with Crippen molar-refractivity contribution in [3.05, 3.63) is 34.9 Å². The highest BCUT2D eigenvalue weighted by Crippen LogP contribution is 2.43. The molecule has 1 saturated carbocycles. The summed E-state index contributed by atoms with van der Waals surface area (Å²) in [4.78, 5) is 0. The van der Waals surface area contributed by atoms with E-state index in [4.69, 9.17) is 5.73 Å². The zero-order valence-corrected chi connectivity index (χ0v) is 9.46. The standard InChI is InChI=1S/C13H19NO/c1-9-3-10(2)5-11(4-9)13(8-14)6-12(15)7-13/h3-5,12,15H,6-8,14H2,1-2H3. The fourth-order valence-corrected chi connectivity index (χ4v) is 2.64. The van der Waals surface area contributed by atoms with Crippen LogP contribution in [0.25, 0.3) is 0 Å². The van der Waals surface area contributed by atoms with E-state index in [1.807, 2.05) is 0 Å². The lowest BCUT2D eigenvalue weighted by atomic mass is 9.62. The fourth-order valence-electron chi connectivity index (χ4n) is 2.64. The van der Waals surface area contributed by atoms with Gasteiger partial charge in [-0.2, -0.15) is 0 Å². The van der Waals surface area contributed by atoms with Crippen molar-refractivity contribution in [2.45, 2.75) is 38.2 Å². The first-order chi connectivity index (χ1) is 7.05. The van der Waals surface area contributed by atoms with Gasteiger partial charge >= 0.3 is 0 Å². The number of aliphatic hydroxyl groups is 1. The molecule has 0 radical (unpaired) electrons. The van der Waals surface area contributed by atoms with Crippen molar-refractivity contribution < 1.29 is 5.11 Å². The summed E-state index contributed by atoms with van der Waals surface area (Å²) in [5, 5.41) is 9.46. The minimum Gasteiger partial charge on any atom is -0.393 e. The van der Waals surface area contributed by atoms with Crippen LogP contribution in [0.4, 0.5) is 0 Å². The predicted molar refractivity (Wildman–Crippen MR) is 61.9 cm³/mol. The van der Waals surface area contributed by atoms with Gasteiger partial charge in [0, 0.05) is 12.0 Å². The van der Waals surface area contributed by atoms with E-state index >= 15 is 0 Å². The van der Waals surface area contributed by atoms with Crippen molar-refractivity contribution in [1.82, 2.24) is 0 Å². The number of aryl methyl sites for hydroxylation is 2. The third kappa shape index (κ3) is 1.80. The van der Waals surface area contributed by atoms with Gasteiger partial charge in [0.2, 0.25) is 0 Å². The van der Waals surface area contributed by atoms with E-state index < -0.39 is 0 Å². The third-order valence-corrected chi connectivity index (χ3v) is 3.48. The van der Waals surface area contributed by atoms with Crippen LogP contribution in [0.2, 0.25) is 0 Å². The summed E-state index contributed by atoms with van der Waals surface area (Å²) < 4.78 is 0. The molecule has 1 aromatic rings. The summed E-state index contributed by atoms with van der Waals surface area (Å²) in [6.07, 6.45) is 1.47. The third-order valence-electron chi connectivity index (χ3n) is 3.48. The van der Waals surface area contributed by atoms with Crippen LogP contribution in [0.1, 0.15) is 29.5 Å². The molecule has 0 saturated heterocycles. The molecule has 2 heteroatoms. The molecule has 0 unspecified atom stereocenters. The molecule has 15 heavy (non-hydrogen) atoms. The van der Waals surface area contributed by atoms with E-state index in [1.165, 1.54) is 16.7 Å². The molecule has 2 nitrogen and oxygen atoms in total. The van der Waals surface area contributed by atoms with Crippen molar-refractivity contribution in [1.29, 1.82) is 0 Å². The Bertz CT molecular complexity index is 347. The lowest BCUT2D eigenvalue weighted by molar-refractivity contribution is 0.0221. The van der Waals surface area contributed by atoms with Gasteiger partial charge in [-0.25, -0.2) is 0 Å². The van der Waals surface area contributed by atoms with Crippen LogP contribution in [0.5, 0.6) is 0 Å². The monoisotopic (exact) mass is 205 g/mol. The van der Waals surface area contributed by atoms with Gasteiger partial charge in [-0.15, -0.1) is 0 Å². The van der Waals surface area contributed by atoms with Gasteiger partial charge in [0.25, 0.3) is 0 Å². The van der Waals surface area contributed by atoms with E-state index in [0.29, 0.717) is 6.54 Å². The zero-order chi connectivity index (χ0) is 11.1. The Kier molecular flexibility index (Phi) is 2.57. The van der Waals surface area contributed by atoms with E-state index in [2.05, 4.69) is 32.0 Å². The molecule has 0 amide bonds. The molecule has 0 aliphatic heterocycles. The maximum atomic E-state index is 9.46. The van der Waals surface area contributed by atoms with Crippen LogP contribution in [-0.4, -0.2) is 17.8 Å². The van der Waals surface area contributed by atoms with Crippen LogP contribution in [0.15, 0.2) is 18.2 Å². The molecule has 2 rings (SSSR count). The fraction of sp³-hybridized carbons (Fsp3) is 0.538. The highest BCUT2D eigenvalue weighted by atomic mass is 16.3. The lowest BCUT2D eigenvalue weighted by Gasteiger charge is -2.45. The number of benzene rings is 1. The molecule has 1 aromatic carbocycles. The molecular weight excluding hydrogens is 186 g/mol. The number of rotatable bonds is 2. The van der Waals surface area contributed by atoms with Crippen LogP contribution in [0, 0.1) is 13.8 Å². The SMILES string of the molecule is Cc1cc(C)cc(C2(CN)CC(O)C2)c1. The van der Waals surface area contributed by atoms with Gasteiger partial charge in [0.05, 0.1) is 6.10 Å². The number of nitrogens with two attached hydrogens (primary N) is 1. The number of aliphatic hydroxyl groups excluding tert-OH is 1. The van der Waals surface area contributed by atoms with E-state index in [9.17, 15) is 5.11 Å². The first-order valence-electron chi connectivity index (χ1n) is 5.53. The molecule has 3 N–H and O–H groups in total. The smallest absolute Gasteiger partial charge is 0.0558 e. The molecule has 1 fully saturated rings. The van der Waals surface area contributed by atoms with Gasteiger partial charge in [0.15, 0.2) is 0 Å². The highest BCUT2D eigenvalue weighted by molar-refractivity contribution is 5.36. The molecule has 0 aromatic heterocycles. The quantitative estimate of drug-likeness (QED) is 0.771. The molecular formula is C13H19NO. The molecule has 1 aliphatic carbocycles. The molecule has 0 heterocycles. The largest absolute Gasteiger partial charge is 0.393 e. The van der Waals surface area contributed by atoms with Crippen molar-refractivity contribution in [2.24, 2.45) is 5.73 Å². The highest BCUT2D eigenvalue weighted by Gasteiger charge is 2.43. The Labute approximate surface area is 91.1 Å². The zero-order valence-electron chi connectivity index (χ0n) is 9.46. The normalized spacial score (nSPS) is 30.0. The van der Waals surface area contributed by atoms with Gasteiger partial charge in [0.1, 0.15) is 0 Å². The Morgan fingerprint density at radius 1 is 1.27 bits per heavy atom. The second kappa shape index (κ2) is 3.62. The first kappa shape index (κ1) is 10.7. The number of hydrogen-bond donors (Lipinski definition) is 2. The molecule has 0 atom stereocenters. The van der Waals surface area contributed by atoms with Crippen molar-refractivity contribution in [2.75, 3.05) is 6.54 Å². The topological polar surface area (TPSA) is 46.2 Å². The Balaban J connectivity index is 2.35. The minimum absolute atomic E-state index is 0.0379. The Morgan fingerprint density at radius 3 is 2.20 bits per heavy atom. The molecule has 1 aliphatic rings. The van der Waals surface area contributed by atoms with Gasteiger partial charge in [-0.1, -0.05) is 29.3 Å².